The van der Waals surface area contributed by atoms with E-state index >= 15 is 0 Å². The molecule has 0 heterocycles. The first kappa shape index (κ1) is 11.5. The Bertz CT molecular complexity index is 190. The zero-order chi connectivity index (χ0) is 10.6. The normalized spacial score (nSPS) is 21.3. The Morgan fingerprint density at radius 3 is 2.57 bits per heavy atom. The number of hydrogen-bond donors (Lipinski definition) is 2. The molecule has 1 aliphatic carbocycles. The molecule has 0 amide bonds. The van der Waals surface area contributed by atoms with Gasteiger partial charge in [-0.1, -0.05) is 26.2 Å². The first-order chi connectivity index (χ1) is 6.63. The summed E-state index contributed by atoms with van der Waals surface area (Å²) in [6.07, 6.45) is 5.96. The minimum Gasteiger partial charge on any atom is -0.481 e. The molecule has 1 fully saturated rings. The highest BCUT2D eigenvalue weighted by Crippen LogP contribution is 2.33. The zero-order valence-electron chi connectivity index (χ0n) is 8.91. The van der Waals surface area contributed by atoms with E-state index in [1.54, 1.807) is 0 Å². The maximum Gasteiger partial charge on any atom is 0.307 e. The molecular weight excluding hydrogens is 178 g/mol. The summed E-state index contributed by atoms with van der Waals surface area (Å²) < 4.78 is 0. The molecule has 3 heteroatoms. The van der Waals surface area contributed by atoms with Crippen LogP contribution >= 0.6 is 0 Å². The second kappa shape index (κ2) is 5.35. The standard InChI is InChI=1S/C11H21NO2/c1-8(5-9-3-2-4-9)6-10(7-12)11(13)14/h8-10H,2-7,12H2,1H3,(H,13,14)/t8-,10+/m0/s1. The second-order valence-electron chi connectivity index (χ2n) is 4.64. The van der Waals surface area contributed by atoms with Crippen molar-refractivity contribution in [2.24, 2.45) is 23.5 Å². The van der Waals surface area contributed by atoms with Gasteiger partial charge in [0, 0.05) is 6.54 Å². The predicted octanol–water partition coefficient (Wildman–Crippen LogP) is 1.86. The van der Waals surface area contributed by atoms with Gasteiger partial charge in [0.25, 0.3) is 0 Å². The summed E-state index contributed by atoms with van der Waals surface area (Å²) in [6.45, 7) is 2.41. The Morgan fingerprint density at radius 1 is 1.57 bits per heavy atom. The third-order valence-corrected chi connectivity index (χ3v) is 3.28. The quantitative estimate of drug-likeness (QED) is 0.686. The van der Waals surface area contributed by atoms with Gasteiger partial charge in [-0.2, -0.15) is 0 Å². The summed E-state index contributed by atoms with van der Waals surface area (Å²) in [5, 5.41) is 8.85. The highest BCUT2D eigenvalue weighted by atomic mass is 16.4. The minimum atomic E-state index is -0.743. The van der Waals surface area contributed by atoms with E-state index in [0.29, 0.717) is 5.92 Å². The number of carboxylic acids is 1. The highest BCUT2D eigenvalue weighted by Gasteiger charge is 2.23. The van der Waals surface area contributed by atoms with Crippen LogP contribution in [0.3, 0.4) is 0 Å². The van der Waals surface area contributed by atoms with Crippen LogP contribution in [0.1, 0.15) is 39.0 Å². The molecule has 0 aromatic carbocycles. The first-order valence-corrected chi connectivity index (χ1v) is 5.56. The summed E-state index contributed by atoms with van der Waals surface area (Å²) >= 11 is 0. The van der Waals surface area contributed by atoms with E-state index in [4.69, 9.17) is 10.8 Å². The van der Waals surface area contributed by atoms with Crippen molar-refractivity contribution in [1.82, 2.24) is 0 Å². The summed E-state index contributed by atoms with van der Waals surface area (Å²) in [7, 11) is 0. The zero-order valence-corrected chi connectivity index (χ0v) is 8.91. The molecule has 0 aliphatic heterocycles. The molecular formula is C11H21NO2. The minimum absolute atomic E-state index is 0.268. The fraction of sp³-hybridized carbons (Fsp3) is 0.909. The molecule has 0 aromatic rings. The van der Waals surface area contributed by atoms with Gasteiger partial charge in [0.1, 0.15) is 0 Å². The number of carbonyl (C=O) groups is 1. The molecule has 0 spiro atoms. The van der Waals surface area contributed by atoms with Gasteiger partial charge >= 0.3 is 5.97 Å². The average molecular weight is 199 g/mol. The number of hydrogen-bond acceptors (Lipinski definition) is 2. The monoisotopic (exact) mass is 199 g/mol. The van der Waals surface area contributed by atoms with E-state index in [9.17, 15) is 4.79 Å². The van der Waals surface area contributed by atoms with Gasteiger partial charge in [0.2, 0.25) is 0 Å². The maximum atomic E-state index is 10.8. The fourth-order valence-electron chi connectivity index (χ4n) is 2.18. The Balaban J connectivity index is 2.22. The molecule has 0 radical (unpaired) electrons. The van der Waals surface area contributed by atoms with E-state index in [2.05, 4.69) is 6.92 Å². The lowest BCUT2D eigenvalue weighted by Gasteiger charge is -2.28. The van der Waals surface area contributed by atoms with Gasteiger partial charge in [0.15, 0.2) is 0 Å². The molecule has 3 N–H and O–H groups in total. The molecule has 0 unspecified atom stereocenters. The van der Waals surface area contributed by atoms with Crippen LogP contribution in [0.25, 0.3) is 0 Å². The first-order valence-electron chi connectivity index (χ1n) is 5.56. The number of aliphatic carboxylic acids is 1. The molecule has 1 aliphatic rings. The van der Waals surface area contributed by atoms with Crippen molar-refractivity contribution in [3.63, 3.8) is 0 Å². The molecule has 82 valence electrons. The molecule has 0 bridgehead atoms. The average Bonchev–Trinajstić information content (AvgIpc) is 2.07. The van der Waals surface area contributed by atoms with Crippen LogP contribution in [-0.2, 0) is 4.79 Å². The van der Waals surface area contributed by atoms with Crippen molar-refractivity contribution in [2.45, 2.75) is 39.0 Å². The van der Waals surface area contributed by atoms with Gasteiger partial charge in [0.05, 0.1) is 5.92 Å². The smallest absolute Gasteiger partial charge is 0.307 e. The van der Waals surface area contributed by atoms with Crippen LogP contribution in [0.2, 0.25) is 0 Å². The van der Waals surface area contributed by atoms with E-state index in [0.717, 1.165) is 12.3 Å². The Hall–Kier alpha value is -0.570. The fourth-order valence-corrected chi connectivity index (χ4v) is 2.18. The van der Waals surface area contributed by atoms with Crippen molar-refractivity contribution < 1.29 is 9.90 Å². The van der Waals surface area contributed by atoms with Gasteiger partial charge in [-0.15, -0.1) is 0 Å². The van der Waals surface area contributed by atoms with Crippen molar-refractivity contribution in [1.29, 1.82) is 0 Å². The molecule has 1 rings (SSSR count). The van der Waals surface area contributed by atoms with Crippen LogP contribution in [0.15, 0.2) is 0 Å². The largest absolute Gasteiger partial charge is 0.481 e. The summed E-state index contributed by atoms with van der Waals surface area (Å²) in [5.41, 5.74) is 5.42. The molecule has 14 heavy (non-hydrogen) atoms. The van der Waals surface area contributed by atoms with Crippen LogP contribution in [0.4, 0.5) is 0 Å². The maximum absolute atomic E-state index is 10.8. The summed E-state index contributed by atoms with van der Waals surface area (Å²) in [4.78, 5) is 10.8. The lowest BCUT2D eigenvalue weighted by atomic mass is 9.77. The van der Waals surface area contributed by atoms with Crippen molar-refractivity contribution in [3.8, 4) is 0 Å². The third kappa shape index (κ3) is 3.29. The van der Waals surface area contributed by atoms with Crippen LogP contribution in [0, 0.1) is 17.8 Å². The topological polar surface area (TPSA) is 63.3 Å². The number of carboxylic acid groups (broad SMARTS) is 1. The van der Waals surface area contributed by atoms with Gasteiger partial charge in [-0.3, -0.25) is 4.79 Å². The molecule has 2 atom stereocenters. The highest BCUT2D eigenvalue weighted by molar-refractivity contribution is 5.70. The lowest BCUT2D eigenvalue weighted by Crippen LogP contribution is -2.26. The third-order valence-electron chi connectivity index (χ3n) is 3.28. The second-order valence-corrected chi connectivity index (χ2v) is 4.64. The molecule has 0 saturated heterocycles. The molecule has 3 nitrogen and oxygen atoms in total. The van der Waals surface area contributed by atoms with Crippen molar-refractivity contribution >= 4 is 5.97 Å². The van der Waals surface area contributed by atoms with Crippen molar-refractivity contribution in [2.75, 3.05) is 6.54 Å². The summed E-state index contributed by atoms with van der Waals surface area (Å²) in [5.74, 6) is 0.278. The Morgan fingerprint density at radius 2 is 2.21 bits per heavy atom. The molecule has 1 saturated carbocycles. The van der Waals surface area contributed by atoms with Crippen molar-refractivity contribution in [3.05, 3.63) is 0 Å². The number of nitrogens with two attached hydrogens (primary N) is 1. The van der Waals surface area contributed by atoms with Crippen LogP contribution in [0.5, 0.6) is 0 Å². The molecule has 0 aromatic heterocycles. The predicted molar refractivity (Wildman–Crippen MR) is 55.9 cm³/mol. The van der Waals surface area contributed by atoms with E-state index in [1.807, 2.05) is 0 Å². The van der Waals surface area contributed by atoms with E-state index in [1.165, 1.54) is 25.7 Å². The SMILES string of the molecule is C[C@@H](CC1CCC1)C[C@H](CN)C(=O)O. The Kier molecular flexibility index (Phi) is 4.39. The summed E-state index contributed by atoms with van der Waals surface area (Å²) in [6, 6.07) is 0. The van der Waals surface area contributed by atoms with E-state index < -0.39 is 5.97 Å². The lowest BCUT2D eigenvalue weighted by molar-refractivity contribution is -0.142. The van der Waals surface area contributed by atoms with Crippen LogP contribution in [-0.4, -0.2) is 17.6 Å². The van der Waals surface area contributed by atoms with Gasteiger partial charge < -0.3 is 10.8 Å². The van der Waals surface area contributed by atoms with E-state index in [-0.39, 0.29) is 12.5 Å². The van der Waals surface area contributed by atoms with Crippen LogP contribution < -0.4 is 5.73 Å². The van der Waals surface area contributed by atoms with Gasteiger partial charge in [-0.05, 0) is 24.7 Å². The number of rotatable bonds is 6. The Labute approximate surface area is 85.7 Å². The van der Waals surface area contributed by atoms with Gasteiger partial charge in [-0.25, -0.2) is 0 Å².